The predicted molar refractivity (Wildman–Crippen MR) is 91.0 cm³/mol. The van der Waals surface area contributed by atoms with Crippen molar-refractivity contribution in [1.29, 1.82) is 0 Å². The third kappa shape index (κ3) is 5.71. The molecule has 1 aromatic carbocycles. The highest BCUT2D eigenvalue weighted by Crippen LogP contribution is 2.19. The van der Waals surface area contributed by atoms with Crippen LogP contribution in [0.1, 0.15) is 32.8 Å². The zero-order chi connectivity index (χ0) is 17.6. The molecule has 0 aromatic heterocycles. The molecule has 130 valence electrons. The Hall–Kier alpha value is -1.82. The van der Waals surface area contributed by atoms with Crippen molar-refractivity contribution in [3.63, 3.8) is 0 Å². The molecule has 0 aliphatic heterocycles. The molecule has 0 aliphatic rings. The van der Waals surface area contributed by atoms with Crippen molar-refractivity contribution in [2.75, 3.05) is 25.5 Å². The van der Waals surface area contributed by atoms with Gasteiger partial charge in [0.1, 0.15) is 5.82 Å². The lowest BCUT2D eigenvalue weighted by atomic mass is 9.89. The first-order valence-electron chi connectivity index (χ1n) is 7.87. The number of rotatable bonds is 7. The first kappa shape index (κ1) is 19.2. The van der Waals surface area contributed by atoms with E-state index >= 15 is 0 Å². The number of carbonyl (C=O) groups is 1. The third-order valence-corrected chi connectivity index (χ3v) is 4.23. The first-order valence-corrected chi connectivity index (χ1v) is 7.87. The molecule has 0 saturated carbocycles. The normalized spacial score (nSPS) is 14.7. The van der Waals surface area contributed by atoms with Crippen molar-refractivity contribution >= 4 is 11.7 Å². The van der Waals surface area contributed by atoms with Crippen LogP contribution in [0.3, 0.4) is 0 Å². The Bertz CT molecular complexity index is 533. The van der Waals surface area contributed by atoms with Gasteiger partial charge in [-0.3, -0.25) is 0 Å². The van der Waals surface area contributed by atoms with Crippen LogP contribution < -0.4 is 15.5 Å². The van der Waals surface area contributed by atoms with E-state index in [1.165, 1.54) is 6.07 Å². The molecule has 0 aliphatic carbocycles. The highest BCUT2D eigenvalue weighted by atomic mass is 19.1. The van der Waals surface area contributed by atoms with Gasteiger partial charge >= 0.3 is 6.03 Å². The van der Waals surface area contributed by atoms with Gasteiger partial charge in [0.05, 0.1) is 11.3 Å². The molecule has 6 heteroatoms. The molecule has 2 amide bonds. The Balaban J connectivity index is 2.49. The summed E-state index contributed by atoms with van der Waals surface area (Å²) in [5.74, 6) is -0.245. The topological polar surface area (TPSA) is 64.6 Å². The molecule has 0 radical (unpaired) electrons. The number of anilines is 1. The van der Waals surface area contributed by atoms with Crippen LogP contribution in [0.15, 0.2) is 18.2 Å². The predicted octanol–water partition coefficient (Wildman–Crippen LogP) is 2.49. The summed E-state index contributed by atoms with van der Waals surface area (Å²) in [7, 11) is 3.54. The largest absolute Gasteiger partial charge is 0.388 e. The van der Waals surface area contributed by atoms with E-state index in [4.69, 9.17) is 0 Å². The number of aliphatic hydroxyl groups is 1. The maximum atomic E-state index is 13.9. The average Bonchev–Trinajstić information content (AvgIpc) is 2.49. The molecular weight excluding hydrogens is 297 g/mol. The van der Waals surface area contributed by atoms with Crippen molar-refractivity contribution in [3.8, 4) is 0 Å². The van der Waals surface area contributed by atoms with E-state index in [0.29, 0.717) is 11.3 Å². The Labute approximate surface area is 137 Å². The molecule has 1 rings (SSSR count). The van der Waals surface area contributed by atoms with Crippen LogP contribution in [-0.4, -0.2) is 37.4 Å². The van der Waals surface area contributed by atoms with Crippen molar-refractivity contribution in [3.05, 3.63) is 29.6 Å². The second kappa shape index (κ2) is 8.15. The lowest BCUT2D eigenvalue weighted by Gasteiger charge is -2.29. The fourth-order valence-electron chi connectivity index (χ4n) is 2.14. The van der Waals surface area contributed by atoms with E-state index in [2.05, 4.69) is 10.6 Å². The van der Waals surface area contributed by atoms with E-state index in [-0.39, 0.29) is 30.9 Å². The molecule has 23 heavy (non-hydrogen) atoms. The molecule has 1 aromatic rings. The Morgan fingerprint density at radius 1 is 1.39 bits per heavy atom. The minimum Gasteiger partial charge on any atom is -0.388 e. The van der Waals surface area contributed by atoms with Crippen LogP contribution in [0, 0.1) is 11.7 Å². The van der Waals surface area contributed by atoms with Gasteiger partial charge in [-0.15, -0.1) is 0 Å². The number of benzene rings is 1. The summed E-state index contributed by atoms with van der Waals surface area (Å²) in [6, 6.07) is 4.47. The number of nitrogens with zero attached hydrogens (tertiary/aromatic N) is 1. The molecule has 0 fully saturated rings. The zero-order valence-corrected chi connectivity index (χ0v) is 14.6. The zero-order valence-electron chi connectivity index (χ0n) is 14.6. The molecule has 0 bridgehead atoms. The van der Waals surface area contributed by atoms with E-state index in [1.807, 2.05) is 13.8 Å². The van der Waals surface area contributed by atoms with Crippen LogP contribution in [0.2, 0.25) is 0 Å². The van der Waals surface area contributed by atoms with Gasteiger partial charge in [0.2, 0.25) is 0 Å². The molecule has 2 atom stereocenters. The number of amides is 2. The number of hydrogen-bond acceptors (Lipinski definition) is 3. The summed E-state index contributed by atoms with van der Waals surface area (Å²) >= 11 is 0. The fourth-order valence-corrected chi connectivity index (χ4v) is 2.14. The first-order chi connectivity index (χ1) is 10.7. The van der Waals surface area contributed by atoms with Crippen LogP contribution in [0.4, 0.5) is 14.9 Å². The number of hydrogen-bond donors (Lipinski definition) is 3. The molecule has 2 unspecified atom stereocenters. The maximum absolute atomic E-state index is 13.9. The second-order valence-corrected chi connectivity index (χ2v) is 6.38. The van der Waals surface area contributed by atoms with Crippen molar-refractivity contribution in [2.24, 2.45) is 5.92 Å². The van der Waals surface area contributed by atoms with E-state index in [9.17, 15) is 14.3 Å². The van der Waals surface area contributed by atoms with Crippen LogP contribution in [-0.2, 0) is 6.54 Å². The number of nitrogens with one attached hydrogen (secondary N) is 2. The summed E-state index contributed by atoms with van der Waals surface area (Å²) in [6.07, 6.45) is 0.827. The molecule has 5 nitrogen and oxygen atoms in total. The van der Waals surface area contributed by atoms with Crippen molar-refractivity contribution in [2.45, 2.75) is 39.3 Å². The van der Waals surface area contributed by atoms with Gasteiger partial charge in [0.25, 0.3) is 0 Å². The summed E-state index contributed by atoms with van der Waals surface area (Å²) in [5.41, 5.74) is 0.227. The minimum absolute atomic E-state index is 0.0791. The lowest BCUT2D eigenvalue weighted by molar-refractivity contribution is 0.00790. The molecular formula is C17H28FN3O2. The second-order valence-electron chi connectivity index (χ2n) is 6.38. The monoisotopic (exact) mass is 325 g/mol. The summed E-state index contributed by atoms with van der Waals surface area (Å²) in [5, 5.41) is 15.6. The molecule has 0 saturated heterocycles. The third-order valence-electron chi connectivity index (χ3n) is 4.23. The van der Waals surface area contributed by atoms with Gasteiger partial charge in [-0.25, -0.2) is 9.18 Å². The maximum Gasteiger partial charge on any atom is 0.315 e. The summed E-state index contributed by atoms with van der Waals surface area (Å²) in [6.45, 7) is 6.03. The van der Waals surface area contributed by atoms with Gasteiger partial charge in [-0.05, 0) is 30.5 Å². The summed E-state index contributed by atoms with van der Waals surface area (Å²) < 4.78 is 13.9. The van der Waals surface area contributed by atoms with Gasteiger partial charge in [0, 0.05) is 27.2 Å². The van der Waals surface area contributed by atoms with Gasteiger partial charge in [-0.2, -0.15) is 0 Å². The van der Waals surface area contributed by atoms with E-state index in [0.717, 1.165) is 6.42 Å². The highest BCUT2D eigenvalue weighted by molar-refractivity contribution is 5.73. The smallest absolute Gasteiger partial charge is 0.315 e. The molecule has 0 spiro atoms. The van der Waals surface area contributed by atoms with E-state index in [1.54, 1.807) is 38.1 Å². The van der Waals surface area contributed by atoms with E-state index < -0.39 is 5.60 Å². The highest BCUT2D eigenvalue weighted by Gasteiger charge is 2.27. The molecule has 0 heterocycles. The average molecular weight is 325 g/mol. The van der Waals surface area contributed by atoms with Gasteiger partial charge in [0.15, 0.2) is 0 Å². The quantitative estimate of drug-likeness (QED) is 0.722. The van der Waals surface area contributed by atoms with Gasteiger partial charge in [-0.1, -0.05) is 26.3 Å². The minimum atomic E-state index is -0.953. The van der Waals surface area contributed by atoms with Crippen molar-refractivity contribution in [1.82, 2.24) is 10.6 Å². The lowest BCUT2D eigenvalue weighted by Crippen LogP contribution is -2.47. The molecule has 3 N–H and O–H groups in total. The van der Waals surface area contributed by atoms with Crippen LogP contribution in [0.5, 0.6) is 0 Å². The van der Waals surface area contributed by atoms with Crippen molar-refractivity contribution < 1.29 is 14.3 Å². The van der Waals surface area contributed by atoms with Crippen LogP contribution in [0.25, 0.3) is 0 Å². The Morgan fingerprint density at radius 2 is 2.04 bits per heavy atom. The summed E-state index contributed by atoms with van der Waals surface area (Å²) in [4.78, 5) is 13.5. The standard InChI is InChI=1S/C17H28FN3O2/c1-6-12(2)17(3,23)11-20-16(22)19-10-13-7-8-15(21(4)5)14(18)9-13/h7-9,12,23H,6,10-11H2,1-5H3,(H2,19,20,22). The van der Waals surface area contributed by atoms with Gasteiger partial charge < -0.3 is 20.6 Å². The number of halogens is 1. The SMILES string of the molecule is CCC(C)C(C)(O)CNC(=O)NCc1ccc(N(C)C)c(F)c1. The number of urea groups is 1. The number of carbonyl (C=O) groups excluding carboxylic acids is 1. The fraction of sp³-hybridized carbons (Fsp3) is 0.588. The van der Waals surface area contributed by atoms with Crippen LogP contribution >= 0.6 is 0 Å². The Morgan fingerprint density at radius 3 is 2.57 bits per heavy atom. The Kier molecular flexibility index (Phi) is 6.81.